The third kappa shape index (κ3) is 38.0. The van der Waals surface area contributed by atoms with Crippen LogP contribution in [0.15, 0.2) is 48.6 Å². The Hall–Kier alpha value is 0.167. The summed E-state index contributed by atoms with van der Waals surface area (Å²) in [6.45, 7) is 0. The Balaban J connectivity index is -0.0000000267. The van der Waals surface area contributed by atoms with E-state index in [-0.39, 0.29) is 81.6 Å². The second-order valence-corrected chi connectivity index (χ2v) is 4.20. The molecule has 0 aliphatic heterocycles. The number of hydrogen-bond donors (Lipinski definition) is 0. The first-order valence-electron chi connectivity index (χ1n) is 6.60. The normalized spacial score (nSPS) is 16.0. The topological polar surface area (TPSA) is 31.5 Å². The van der Waals surface area contributed by atoms with E-state index in [1.54, 1.807) is 0 Å². The summed E-state index contributed by atoms with van der Waals surface area (Å²) in [7, 11) is 0. The molecule has 1 nitrogen and oxygen atoms in total. The monoisotopic (exact) mass is 515 g/mol. The molecule has 0 amide bonds. The molecular formula is C21H41ORh2. The van der Waals surface area contributed by atoms with Gasteiger partial charge in [0.15, 0.2) is 0 Å². The standard InChI is InChI=1S/2C8H12.5CH3.H2O.2Rh/c2*1-2-4-6-8-7-5-3-1;;;;;;;;/h2*1-2,7-8H,3-6H2;5*1H3;1H2;;/q;;5*-1;;+2;+3/b2*2-1-,8-7?;;;;;;;;. The van der Waals surface area contributed by atoms with Crippen LogP contribution in [0.1, 0.15) is 51.4 Å². The first-order chi connectivity index (χ1) is 8.00. The third-order valence-electron chi connectivity index (χ3n) is 2.67. The molecule has 2 aliphatic rings. The van der Waals surface area contributed by atoms with Crippen LogP contribution < -0.4 is 0 Å². The first-order valence-corrected chi connectivity index (χ1v) is 6.60. The largest absolute Gasteiger partial charge is 3.00 e. The summed E-state index contributed by atoms with van der Waals surface area (Å²) in [6, 6.07) is 0. The molecule has 0 aromatic heterocycles. The van der Waals surface area contributed by atoms with Crippen molar-refractivity contribution in [1.82, 2.24) is 0 Å². The van der Waals surface area contributed by atoms with E-state index in [9.17, 15) is 0 Å². The molecule has 0 unspecified atom stereocenters. The number of rotatable bonds is 0. The molecule has 3 heteroatoms. The van der Waals surface area contributed by atoms with Crippen LogP contribution in [0.2, 0.25) is 0 Å². The summed E-state index contributed by atoms with van der Waals surface area (Å²) in [5, 5.41) is 0. The molecule has 2 N–H and O–H groups in total. The molecular weight excluding hydrogens is 474 g/mol. The summed E-state index contributed by atoms with van der Waals surface area (Å²) in [5.41, 5.74) is 0. The van der Waals surface area contributed by atoms with Crippen molar-refractivity contribution in [3.05, 3.63) is 85.7 Å². The van der Waals surface area contributed by atoms with Crippen molar-refractivity contribution in [2.45, 2.75) is 51.4 Å². The molecule has 0 saturated heterocycles. The van der Waals surface area contributed by atoms with Crippen LogP contribution in [0.5, 0.6) is 0 Å². The van der Waals surface area contributed by atoms with Crippen LogP contribution in [-0.4, -0.2) is 5.48 Å². The van der Waals surface area contributed by atoms with Crippen LogP contribution in [0.3, 0.4) is 0 Å². The van der Waals surface area contributed by atoms with E-state index < -0.39 is 0 Å². The molecule has 149 valence electrons. The SMILES string of the molecule is C1=CCC/C=C\CC1.C1=CCC/C=C\CC1.O.[CH3-].[CH3-].[CH3-].[CH3-].[CH3-].[Rh+2].[Rh+3]. The van der Waals surface area contributed by atoms with Gasteiger partial charge < -0.3 is 42.6 Å². The molecule has 0 aromatic carbocycles. The van der Waals surface area contributed by atoms with E-state index in [0.717, 1.165) is 0 Å². The van der Waals surface area contributed by atoms with Crippen LogP contribution in [0.25, 0.3) is 0 Å². The van der Waals surface area contributed by atoms with Gasteiger partial charge >= 0.3 is 39.0 Å². The first kappa shape index (κ1) is 49.6. The van der Waals surface area contributed by atoms with Gasteiger partial charge in [0.2, 0.25) is 0 Å². The second-order valence-electron chi connectivity index (χ2n) is 4.20. The van der Waals surface area contributed by atoms with Crippen molar-refractivity contribution in [1.29, 1.82) is 0 Å². The molecule has 2 rings (SSSR count). The minimum atomic E-state index is 0. The Bertz CT molecular complexity index is 189. The van der Waals surface area contributed by atoms with Crippen LogP contribution in [0, 0.1) is 37.1 Å². The van der Waals surface area contributed by atoms with Crippen molar-refractivity contribution in [3.63, 3.8) is 0 Å². The summed E-state index contributed by atoms with van der Waals surface area (Å²) in [4.78, 5) is 0. The van der Waals surface area contributed by atoms with Crippen LogP contribution in [0.4, 0.5) is 0 Å². The number of allylic oxidation sites excluding steroid dienone is 8. The minimum absolute atomic E-state index is 0. The summed E-state index contributed by atoms with van der Waals surface area (Å²) < 4.78 is 0. The van der Waals surface area contributed by atoms with Gasteiger partial charge in [0.05, 0.1) is 0 Å². The zero-order chi connectivity index (χ0) is 11.3. The Morgan fingerprint density at radius 2 is 0.417 bits per heavy atom. The van der Waals surface area contributed by atoms with E-state index in [1.165, 1.54) is 51.4 Å². The van der Waals surface area contributed by atoms with Crippen molar-refractivity contribution in [2.24, 2.45) is 0 Å². The Morgan fingerprint density at radius 1 is 0.333 bits per heavy atom. The molecule has 0 saturated carbocycles. The second kappa shape index (κ2) is 43.6. The van der Waals surface area contributed by atoms with Gasteiger partial charge in [-0.05, 0) is 51.4 Å². The van der Waals surface area contributed by atoms with E-state index in [2.05, 4.69) is 48.6 Å². The summed E-state index contributed by atoms with van der Waals surface area (Å²) in [5.74, 6) is 0. The zero-order valence-electron chi connectivity index (χ0n) is 16.4. The Morgan fingerprint density at radius 3 is 0.500 bits per heavy atom. The van der Waals surface area contributed by atoms with E-state index >= 15 is 0 Å². The molecule has 0 fully saturated rings. The minimum Gasteiger partial charge on any atom is -0.412 e. The predicted molar refractivity (Wildman–Crippen MR) is 109 cm³/mol. The maximum Gasteiger partial charge on any atom is 3.00 e. The van der Waals surface area contributed by atoms with Gasteiger partial charge in [-0.15, -0.1) is 0 Å². The van der Waals surface area contributed by atoms with E-state index in [0.29, 0.717) is 0 Å². The predicted octanol–water partition coefficient (Wildman–Crippen LogP) is 6.77. The van der Waals surface area contributed by atoms with Gasteiger partial charge in [0, 0.05) is 0 Å². The van der Waals surface area contributed by atoms with E-state index in [1.807, 2.05) is 0 Å². The Kier molecular flexibility index (Phi) is 90.1. The van der Waals surface area contributed by atoms with Crippen molar-refractivity contribution < 1.29 is 44.4 Å². The molecule has 24 heavy (non-hydrogen) atoms. The molecule has 0 spiro atoms. The molecule has 1 radical (unpaired) electrons. The molecule has 2 aliphatic carbocycles. The van der Waals surface area contributed by atoms with E-state index in [4.69, 9.17) is 0 Å². The molecule has 0 bridgehead atoms. The summed E-state index contributed by atoms with van der Waals surface area (Å²) in [6.07, 6.45) is 28.0. The van der Waals surface area contributed by atoms with Gasteiger partial charge in [0.1, 0.15) is 0 Å². The van der Waals surface area contributed by atoms with Gasteiger partial charge in [-0.2, -0.15) is 0 Å². The average Bonchev–Trinajstić information content (AvgIpc) is 2.15. The maximum atomic E-state index is 2.27. The van der Waals surface area contributed by atoms with Crippen molar-refractivity contribution in [3.8, 4) is 0 Å². The maximum absolute atomic E-state index is 2.27. The van der Waals surface area contributed by atoms with Crippen LogP contribution >= 0.6 is 0 Å². The molecule has 0 heterocycles. The van der Waals surface area contributed by atoms with Gasteiger partial charge in [-0.1, -0.05) is 48.6 Å². The van der Waals surface area contributed by atoms with Gasteiger partial charge in [-0.25, -0.2) is 0 Å². The van der Waals surface area contributed by atoms with Gasteiger partial charge in [-0.3, -0.25) is 0 Å². The summed E-state index contributed by atoms with van der Waals surface area (Å²) >= 11 is 0. The smallest absolute Gasteiger partial charge is 0.412 e. The fraction of sp³-hybridized carbons (Fsp3) is 0.381. The Labute approximate surface area is 181 Å². The van der Waals surface area contributed by atoms with Crippen molar-refractivity contribution in [2.75, 3.05) is 0 Å². The average molecular weight is 515 g/mol. The van der Waals surface area contributed by atoms with Crippen molar-refractivity contribution >= 4 is 0 Å². The molecule has 0 aromatic rings. The molecule has 0 atom stereocenters. The zero-order valence-corrected chi connectivity index (χ0v) is 19.7. The quantitative estimate of drug-likeness (QED) is 0.194. The fourth-order valence-electron chi connectivity index (χ4n) is 1.71. The number of hydrogen-bond acceptors (Lipinski definition) is 0. The third-order valence-corrected chi connectivity index (χ3v) is 2.67. The van der Waals surface area contributed by atoms with Gasteiger partial charge in [0.25, 0.3) is 0 Å². The fourth-order valence-corrected chi connectivity index (χ4v) is 1.71. The van der Waals surface area contributed by atoms with Crippen LogP contribution in [-0.2, 0) is 39.0 Å².